The number of methoxy groups -OCH3 is 3. The largest absolute Gasteiger partial charge is 0.497 e. The summed E-state index contributed by atoms with van der Waals surface area (Å²) in [7, 11) is 4.66. The Bertz CT molecular complexity index is 873. The average molecular weight is 428 g/mol. The van der Waals surface area contributed by atoms with Gasteiger partial charge in [0.25, 0.3) is 0 Å². The Hall–Kier alpha value is -2.94. The van der Waals surface area contributed by atoms with Crippen molar-refractivity contribution in [2.45, 2.75) is 31.0 Å². The predicted molar refractivity (Wildman–Crippen MR) is 114 cm³/mol. The number of nitrogens with zero attached hydrogens (tertiary/aromatic N) is 2. The fourth-order valence-electron chi connectivity index (χ4n) is 3.41. The minimum atomic E-state index is -0.531. The van der Waals surface area contributed by atoms with Crippen LogP contribution < -0.4 is 14.2 Å². The van der Waals surface area contributed by atoms with Gasteiger partial charge in [-0.1, -0.05) is 24.3 Å². The molecule has 0 radical (unpaired) electrons. The van der Waals surface area contributed by atoms with Gasteiger partial charge in [-0.3, -0.25) is 0 Å². The number of ether oxygens (including phenoxy) is 6. The summed E-state index contributed by atoms with van der Waals surface area (Å²) in [6.45, 7) is 8.32. The van der Waals surface area contributed by atoms with E-state index < -0.39 is 24.4 Å². The van der Waals surface area contributed by atoms with Gasteiger partial charge >= 0.3 is 6.01 Å². The van der Waals surface area contributed by atoms with Crippen LogP contribution in [0.5, 0.6) is 17.6 Å². The van der Waals surface area contributed by atoms with E-state index in [9.17, 15) is 0 Å². The van der Waals surface area contributed by atoms with Gasteiger partial charge < -0.3 is 28.4 Å². The molecule has 8 nitrogen and oxygen atoms in total. The van der Waals surface area contributed by atoms with Gasteiger partial charge in [0.05, 0.1) is 40.1 Å². The molecule has 3 rings (SSSR count). The summed E-state index contributed by atoms with van der Waals surface area (Å²) in [4.78, 5) is 8.49. The predicted octanol–water partition coefficient (Wildman–Crippen LogP) is 3.28. The van der Waals surface area contributed by atoms with Gasteiger partial charge in [-0.05, 0) is 17.7 Å². The summed E-state index contributed by atoms with van der Waals surface area (Å²) in [5.74, 6) is 1.13. The van der Waals surface area contributed by atoms with E-state index >= 15 is 0 Å². The smallest absolute Gasteiger partial charge is 0.319 e. The van der Waals surface area contributed by atoms with E-state index in [4.69, 9.17) is 28.4 Å². The van der Waals surface area contributed by atoms with Crippen LogP contribution in [0.15, 0.2) is 55.8 Å². The second kappa shape index (κ2) is 10.9. The first-order valence-electron chi connectivity index (χ1n) is 9.85. The van der Waals surface area contributed by atoms with Crippen LogP contribution in [0.4, 0.5) is 0 Å². The molecule has 0 aliphatic carbocycles. The molecule has 1 aliphatic rings. The van der Waals surface area contributed by atoms with Crippen LogP contribution in [0.3, 0.4) is 0 Å². The van der Waals surface area contributed by atoms with Gasteiger partial charge in [0.2, 0.25) is 5.88 Å². The highest BCUT2D eigenvalue weighted by molar-refractivity contribution is 5.31. The third-order valence-electron chi connectivity index (χ3n) is 4.93. The van der Waals surface area contributed by atoms with Gasteiger partial charge in [0.15, 0.2) is 0 Å². The minimum absolute atomic E-state index is 0.203. The zero-order valence-corrected chi connectivity index (χ0v) is 18.0. The standard InChI is InChI=1S/C23H28N2O6/c1-6-12-29-20-18(7-2)31-19(17-13-24-23(28-5)25-22(17)27-4)21(20)30-14-15-8-10-16(26-3)11-9-15/h6-11,13,18-21H,1-2,12,14H2,3-5H3/t18-,19+,20-,21+/m1/s1. The van der Waals surface area contributed by atoms with E-state index in [1.54, 1.807) is 25.5 Å². The summed E-state index contributed by atoms with van der Waals surface area (Å²) < 4.78 is 34.3. The SMILES string of the molecule is C=CCO[C@H]1[C@@H](OCc2ccc(OC)cc2)[C@H](c2cnc(OC)nc2OC)O[C@@H]1C=C. The van der Waals surface area contributed by atoms with Crippen molar-refractivity contribution in [3.05, 3.63) is 66.9 Å². The minimum Gasteiger partial charge on any atom is -0.497 e. The normalized spacial score (nSPS) is 22.7. The number of aromatic nitrogens is 2. The van der Waals surface area contributed by atoms with E-state index in [-0.39, 0.29) is 6.01 Å². The van der Waals surface area contributed by atoms with Crippen molar-refractivity contribution in [1.29, 1.82) is 0 Å². The number of hydrogen-bond donors (Lipinski definition) is 0. The second-order valence-corrected chi connectivity index (χ2v) is 6.79. The molecule has 0 spiro atoms. The molecule has 0 N–H and O–H groups in total. The molecule has 1 aromatic heterocycles. The van der Waals surface area contributed by atoms with Gasteiger partial charge in [-0.15, -0.1) is 13.2 Å². The van der Waals surface area contributed by atoms with Gasteiger partial charge in [-0.2, -0.15) is 4.98 Å². The van der Waals surface area contributed by atoms with E-state index in [1.807, 2.05) is 24.3 Å². The van der Waals surface area contributed by atoms with E-state index in [0.717, 1.165) is 11.3 Å². The highest BCUT2D eigenvalue weighted by Gasteiger charge is 2.47. The zero-order chi connectivity index (χ0) is 22.2. The van der Waals surface area contributed by atoms with Crippen molar-refractivity contribution in [3.63, 3.8) is 0 Å². The monoisotopic (exact) mass is 428 g/mol. The lowest BCUT2D eigenvalue weighted by Crippen LogP contribution is -2.35. The highest BCUT2D eigenvalue weighted by atomic mass is 16.6. The molecule has 2 aromatic rings. The third-order valence-corrected chi connectivity index (χ3v) is 4.93. The van der Waals surface area contributed by atoms with Crippen LogP contribution in [0, 0.1) is 0 Å². The van der Waals surface area contributed by atoms with Crippen LogP contribution >= 0.6 is 0 Å². The summed E-state index contributed by atoms with van der Waals surface area (Å²) in [5, 5.41) is 0. The van der Waals surface area contributed by atoms with Crippen LogP contribution in [0.1, 0.15) is 17.2 Å². The maximum atomic E-state index is 6.31. The summed E-state index contributed by atoms with van der Waals surface area (Å²) >= 11 is 0. The van der Waals surface area contributed by atoms with E-state index in [0.29, 0.717) is 24.7 Å². The highest BCUT2D eigenvalue weighted by Crippen LogP contribution is 2.41. The fraction of sp³-hybridized carbons (Fsp3) is 0.391. The molecule has 1 fully saturated rings. The van der Waals surface area contributed by atoms with Crippen molar-refractivity contribution < 1.29 is 28.4 Å². The first-order valence-corrected chi connectivity index (χ1v) is 9.85. The molecule has 1 saturated heterocycles. The van der Waals surface area contributed by atoms with Crippen LogP contribution in [0.2, 0.25) is 0 Å². The molecule has 2 heterocycles. The molecule has 31 heavy (non-hydrogen) atoms. The Balaban J connectivity index is 1.89. The Morgan fingerprint density at radius 1 is 1.00 bits per heavy atom. The lowest BCUT2D eigenvalue weighted by molar-refractivity contribution is -0.0659. The maximum Gasteiger partial charge on any atom is 0.319 e. The molecule has 0 unspecified atom stereocenters. The first-order chi connectivity index (χ1) is 15.1. The summed E-state index contributed by atoms with van der Waals surface area (Å²) in [6.07, 6.45) is 3.23. The lowest BCUT2D eigenvalue weighted by Gasteiger charge is -2.24. The van der Waals surface area contributed by atoms with Crippen LogP contribution in [0.25, 0.3) is 0 Å². The first kappa shape index (κ1) is 22.7. The summed E-state index contributed by atoms with van der Waals surface area (Å²) in [6, 6.07) is 7.88. The number of benzene rings is 1. The van der Waals surface area contributed by atoms with Gasteiger partial charge in [0, 0.05) is 6.20 Å². The molecule has 0 saturated carbocycles. The molecule has 0 bridgehead atoms. The Morgan fingerprint density at radius 2 is 1.77 bits per heavy atom. The molecule has 166 valence electrons. The number of hydrogen-bond acceptors (Lipinski definition) is 8. The number of rotatable bonds is 11. The Kier molecular flexibility index (Phi) is 8.00. The van der Waals surface area contributed by atoms with Gasteiger partial charge in [0.1, 0.15) is 30.2 Å². The van der Waals surface area contributed by atoms with E-state index in [2.05, 4.69) is 23.1 Å². The molecule has 1 aromatic carbocycles. The summed E-state index contributed by atoms with van der Waals surface area (Å²) in [5.41, 5.74) is 1.63. The Morgan fingerprint density at radius 3 is 2.39 bits per heavy atom. The topological polar surface area (TPSA) is 81.2 Å². The average Bonchev–Trinajstić information content (AvgIpc) is 3.18. The van der Waals surface area contributed by atoms with Crippen molar-refractivity contribution in [3.8, 4) is 17.6 Å². The third kappa shape index (κ3) is 5.22. The lowest BCUT2D eigenvalue weighted by atomic mass is 10.0. The zero-order valence-electron chi connectivity index (χ0n) is 18.0. The maximum absolute atomic E-state index is 6.31. The molecular weight excluding hydrogens is 400 g/mol. The molecule has 1 aliphatic heterocycles. The Labute approximate surface area is 182 Å². The molecule has 8 heteroatoms. The van der Waals surface area contributed by atoms with Crippen molar-refractivity contribution in [2.24, 2.45) is 0 Å². The van der Waals surface area contributed by atoms with Crippen molar-refractivity contribution >= 4 is 0 Å². The van der Waals surface area contributed by atoms with E-state index in [1.165, 1.54) is 14.2 Å². The second-order valence-electron chi connectivity index (χ2n) is 6.79. The van der Waals surface area contributed by atoms with Crippen molar-refractivity contribution in [2.75, 3.05) is 27.9 Å². The van der Waals surface area contributed by atoms with Crippen molar-refractivity contribution in [1.82, 2.24) is 9.97 Å². The fourth-order valence-corrected chi connectivity index (χ4v) is 3.41. The van der Waals surface area contributed by atoms with Crippen LogP contribution in [-0.2, 0) is 20.8 Å². The van der Waals surface area contributed by atoms with Crippen LogP contribution in [-0.4, -0.2) is 56.2 Å². The quantitative estimate of drug-likeness (QED) is 0.505. The molecule has 4 atom stereocenters. The molecule has 0 amide bonds. The molecular formula is C23H28N2O6. The van der Waals surface area contributed by atoms with Gasteiger partial charge in [-0.25, -0.2) is 4.98 Å².